The van der Waals surface area contributed by atoms with E-state index in [0.29, 0.717) is 10.6 Å². The van der Waals surface area contributed by atoms with Gasteiger partial charge in [0.25, 0.3) is 5.91 Å². The van der Waals surface area contributed by atoms with Gasteiger partial charge in [-0.05, 0) is 31.4 Å². The van der Waals surface area contributed by atoms with Crippen molar-refractivity contribution in [2.75, 3.05) is 18.8 Å². The van der Waals surface area contributed by atoms with E-state index in [9.17, 15) is 4.79 Å². The molecular formula is C20H22N4OS. The van der Waals surface area contributed by atoms with Gasteiger partial charge < -0.3 is 5.73 Å². The Kier molecular flexibility index (Phi) is 4.61. The van der Waals surface area contributed by atoms with Gasteiger partial charge in [0, 0.05) is 24.0 Å². The molecule has 2 aromatic heterocycles. The summed E-state index contributed by atoms with van der Waals surface area (Å²) in [4.78, 5) is 18.8. The van der Waals surface area contributed by atoms with E-state index in [-0.39, 0.29) is 5.91 Å². The lowest BCUT2D eigenvalue weighted by Crippen LogP contribution is -2.44. The highest BCUT2D eigenvalue weighted by Crippen LogP contribution is 2.36. The summed E-state index contributed by atoms with van der Waals surface area (Å²) in [5.74, 6) is -0.131. The lowest BCUT2D eigenvalue weighted by atomic mass is 10.1. The van der Waals surface area contributed by atoms with Crippen LogP contribution in [-0.2, 0) is 0 Å². The van der Waals surface area contributed by atoms with Crippen molar-refractivity contribution in [1.82, 2.24) is 15.4 Å². The monoisotopic (exact) mass is 366 g/mol. The van der Waals surface area contributed by atoms with Crippen LogP contribution in [0, 0.1) is 6.92 Å². The number of aryl methyl sites for hydroxylation is 1. The number of aromatic nitrogens is 1. The lowest BCUT2D eigenvalue weighted by molar-refractivity contribution is 0.0755. The zero-order valence-electron chi connectivity index (χ0n) is 14.8. The molecule has 4 rings (SSSR count). The van der Waals surface area contributed by atoms with Crippen molar-refractivity contribution in [2.24, 2.45) is 0 Å². The minimum Gasteiger partial charge on any atom is -0.397 e. The Balaban J connectivity index is 1.69. The summed E-state index contributed by atoms with van der Waals surface area (Å²) in [6, 6.07) is 12.1. The Bertz CT molecular complexity index is 945. The quantitative estimate of drug-likeness (QED) is 0.735. The highest BCUT2D eigenvalue weighted by Gasteiger charge is 2.21. The summed E-state index contributed by atoms with van der Waals surface area (Å²) in [5, 5.41) is 2.88. The van der Waals surface area contributed by atoms with Gasteiger partial charge in [0.15, 0.2) is 0 Å². The number of pyridine rings is 1. The fourth-order valence-electron chi connectivity index (χ4n) is 3.44. The van der Waals surface area contributed by atoms with Gasteiger partial charge in [-0.25, -0.2) is 9.99 Å². The molecule has 5 nitrogen and oxygen atoms in total. The molecule has 26 heavy (non-hydrogen) atoms. The standard InChI is InChI=1S/C20H22N4OS/c1-13-12-15(14-8-4-2-5-9-14)22-20-16(13)17(21)18(26-20)19(25)23-24-10-6-3-7-11-24/h2,4-5,8-9,12H,3,6-7,10-11,21H2,1H3,(H,23,25). The zero-order valence-corrected chi connectivity index (χ0v) is 15.6. The molecule has 0 unspecified atom stereocenters. The van der Waals surface area contributed by atoms with Crippen molar-refractivity contribution in [1.29, 1.82) is 0 Å². The van der Waals surface area contributed by atoms with Crippen molar-refractivity contribution >= 4 is 33.1 Å². The summed E-state index contributed by atoms with van der Waals surface area (Å²) in [5.41, 5.74) is 12.9. The van der Waals surface area contributed by atoms with E-state index in [1.54, 1.807) is 0 Å². The van der Waals surface area contributed by atoms with Crippen molar-refractivity contribution in [3.63, 3.8) is 0 Å². The van der Waals surface area contributed by atoms with Gasteiger partial charge in [-0.1, -0.05) is 36.8 Å². The first-order chi connectivity index (χ1) is 12.6. The Labute approximate surface area is 156 Å². The molecule has 1 aliphatic heterocycles. The second-order valence-corrected chi connectivity index (χ2v) is 7.70. The van der Waals surface area contributed by atoms with E-state index in [2.05, 4.69) is 5.43 Å². The molecule has 0 saturated carbocycles. The van der Waals surface area contributed by atoms with Gasteiger partial charge in [0.2, 0.25) is 0 Å². The Morgan fingerprint density at radius 1 is 1.19 bits per heavy atom. The lowest BCUT2D eigenvalue weighted by Gasteiger charge is -2.26. The number of nitrogen functional groups attached to an aromatic ring is 1. The minimum atomic E-state index is -0.131. The first kappa shape index (κ1) is 17.0. The second-order valence-electron chi connectivity index (χ2n) is 6.70. The number of nitrogens with zero attached hydrogens (tertiary/aromatic N) is 2. The number of hydrogen-bond donors (Lipinski definition) is 2. The number of amides is 1. The predicted octanol–water partition coefficient (Wildman–Crippen LogP) is 3.98. The van der Waals surface area contributed by atoms with E-state index in [1.807, 2.05) is 48.3 Å². The number of thiophene rings is 1. The van der Waals surface area contributed by atoms with Gasteiger partial charge >= 0.3 is 0 Å². The van der Waals surface area contributed by atoms with Crippen LogP contribution in [0.15, 0.2) is 36.4 Å². The topological polar surface area (TPSA) is 71.2 Å². The van der Waals surface area contributed by atoms with E-state index in [1.165, 1.54) is 17.8 Å². The average molecular weight is 366 g/mol. The van der Waals surface area contributed by atoms with Gasteiger partial charge in [-0.2, -0.15) is 0 Å². The number of rotatable bonds is 3. The molecule has 0 radical (unpaired) electrons. The van der Waals surface area contributed by atoms with Crippen LogP contribution >= 0.6 is 11.3 Å². The van der Waals surface area contributed by atoms with Crippen molar-refractivity contribution < 1.29 is 4.79 Å². The van der Waals surface area contributed by atoms with Gasteiger partial charge in [-0.3, -0.25) is 10.2 Å². The van der Waals surface area contributed by atoms with Crippen molar-refractivity contribution in [3.05, 3.63) is 46.8 Å². The molecule has 134 valence electrons. The maximum absolute atomic E-state index is 12.7. The summed E-state index contributed by atoms with van der Waals surface area (Å²) in [6.45, 7) is 3.81. The highest BCUT2D eigenvalue weighted by atomic mass is 32.1. The van der Waals surface area contributed by atoms with Crippen LogP contribution in [0.1, 0.15) is 34.5 Å². The number of anilines is 1. The molecule has 6 heteroatoms. The molecule has 1 amide bonds. The van der Waals surface area contributed by atoms with Crippen LogP contribution in [0.4, 0.5) is 5.69 Å². The number of fused-ring (bicyclic) bond motifs is 1. The second kappa shape index (κ2) is 7.05. The van der Waals surface area contributed by atoms with Gasteiger partial charge in [0.05, 0.1) is 11.4 Å². The largest absolute Gasteiger partial charge is 0.397 e. The molecule has 1 aliphatic rings. The molecule has 0 atom stereocenters. The number of carbonyl (C=O) groups is 1. The maximum atomic E-state index is 12.7. The number of hydrogen-bond acceptors (Lipinski definition) is 5. The number of nitrogens with one attached hydrogen (secondary N) is 1. The molecule has 1 fully saturated rings. The summed E-state index contributed by atoms with van der Waals surface area (Å²) < 4.78 is 0. The smallest absolute Gasteiger partial charge is 0.277 e. The SMILES string of the molecule is Cc1cc(-c2ccccc2)nc2sc(C(=O)NN3CCCCC3)c(N)c12. The molecule has 3 heterocycles. The average Bonchev–Trinajstić information content (AvgIpc) is 3.00. The molecule has 1 saturated heterocycles. The molecule has 3 aromatic rings. The summed E-state index contributed by atoms with van der Waals surface area (Å²) in [6.07, 6.45) is 3.45. The number of nitrogens with two attached hydrogens (primary N) is 1. The minimum absolute atomic E-state index is 0.131. The molecular weight excluding hydrogens is 344 g/mol. The number of benzene rings is 1. The van der Waals surface area contributed by atoms with Crippen LogP contribution < -0.4 is 11.2 Å². The maximum Gasteiger partial charge on any atom is 0.277 e. The van der Waals surface area contributed by atoms with Crippen LogP contribution in [0.25, 0.3) is 21.5 Å². The number of carbonyl (C=O) groups excluding carboxylic acids is 1. The summed E-state index contributed by atoms with van der Waals surface area (Å²) in [7, 11) is 0. The molecule has 0 aliphatic carbocycles. The summed E-state index contributed by atoms with van der Waals surface area (Å²) >= 11 is 1.37. The van der Waals surface area contributed by atoms with E-state index in [4.69, 9.17) is 10.7 Å². The van der Waals surface area contributed by atoms with Crippen molar-refractivity contribution in [3.8, 4) is 11.3 Å². The third kappa shape index (κ3) is 3.18. The van der Waals surface area contributed by atoms with Crippen LogP contribution in [0.3, 0.4) is 0 Å². The predicted molar refractivity (Wildman–Crippen MR) is 107 cm³/mol. The third-order valence-corrected chi connectivity index (χ3v) is 5.89. The molecule has 3 N–H and O–H groups in total. The van der Waals surface area contributed by atoms with E-state index in [0.717, 1.165) is 53.0 Å². The number of piperidine rings is 1. The van der Waals surface area contributed by atoms with Crippen LogP contribution in [0.2, 0.25) is 0 Å². The fourth-order valence-corrected chi connectivity index (χ4v) is 4.50. The Morgan fingerprint density at radius 3 is 2.65 bits per heavy atom. The highest BCUT2D eigenvalue weighted by molar-refractivity contribution is 7.21. The Morgan fingerprint density at radius 2 is 1.92 bits per heavy atom. The molecule has 1 aromatic carbocycles. The van der Waals surface area contributed by atoms with Gasteiger partial charge in [-0.15, -0.1) is 11.3 Å². The fraction of sp³-hybridized carbons (Fsp3) is 0.300. The van der Waals surface area contributed by atoms with Crippen LogP contribution in [-0.4, -0.2) is 29.0 Å². The first-order valence-corrected chi connectivity index (χ1v) is 9.76. The van der Waals surface area contributed by atoms with Gasteiger partial charge in [0.1, 0.15) is 9.71 Å². The van der Waals surface area contributed by atoms with Crippen LogP contribution in [0.5, 0.6) is 0 Å². The molecule has 0 bridgehead atoms. The Hall–Kier alpha value is -2.44. The van der Waals surface area contributed by atoms with E-state index >= 15 is 0 Å². The number of hydrazine groups is 1. The first-order valence-electron chi connectivity index (χ1n) is 8.94. The van der Waals surface area contributed by atoms with E-state index < -0.39 is 0 Å². The van der Waals surface area contributed by atoms with Crippen molar-refractivity contribution in [2.45, 2.75) is 26.2 Å². The molecule has 0 spiro atoms. The zero-order chi connectivity index (χ0) is 18.1. The third-order valence-electron chi connectivity index (χ3n) is 4.79. The normalized spacial score (nSPS) is 15.3.